The molecule has 0 aliphatic carbocycles. The third-order valence-corrected chi connectivity index (χ3v) is 2.28. The van der Waals surface area contributed by atoms with Crippen molar-refractivity contribution in [2.75, 3.05) is 6.54 Å². The maximum absolute atomic E-state index is 12.3. The molecule has 1 atom stereocenters. The fraction of sp³-hybridized carbons (Fsp3) is 0.455. The molecule has 0 amide bonds. The van der Waals surface area contributed by atoms with Crippen LogP contribution >= 0.6 is 0 Å². The van der Waals surface area contributed by atoms with E-state index >= 15 is 0 Å². The monoisotopic (exact) mass is 287 g/mol. The molecule has 0 aromatic heterocycles. The van der Waals surface area contributed by atoms with Crippen LogP contribution in [0.25, 0.3) is 0 Å². The number of nitrogens with two attached hydrogens (primary N) is 1. The van der Waals surface area contributed by atoms with Gasteiger partial charge in [0.05, 0.1) is 6.10 Å². The number of benzene rings is 1. The second-order valence-corrected chi connectivity index (χ2v) is 3.73. The van der Waals surface area contributed by atoms with E-state index in [4.69, 9.17) is 5.73 Å². The highest BCUT2D eigenvalue weighted by Gasteiger charge is 2.58. The van der Waals surface area contributed by atoms with Crippen LogP contribution in [-0.4, -0.2) is 25.0 Å². The lowest BCUT2D eigenvalue weighted by Gasteiger charge is -2.27. The van der Waals surface area contributed by atoms with Crippen molar-refractivity contribution in [2.45, 2.75) is 24.6 Å². The number of hydrogen-bond acceptors (Lipinski definition) is 2. The zero-order valence-electron chi connectivity index (χ0n) is 9.50. The fourth-order valence-electron chi connectivity index (χ4n) is 1.44. The molecule has 1 aromatic rings. The molecule has 2 nitrogen and oxygen atoms in total. The molecule has 0 spiro atoms. The van der Waals surface area contributed by atoms with Gasteiger partial charge in [-0.05, 0) is 5.56 Å². The van der Waals surface area contributed by atoms with E-state index in [0.29, 0.717) is 0 Å². The number of hydrogen-bond donors (Lipinski definition) is 1. The van der Waals surface area contributed by atoms with Gasteiger partial charge in [0.2, 0.25) is 6.10 Å². The molecule has 0 heterocycles. The van der Waals surface area contributed by atoms with E-state index < -0.39 is 31.1 Å². The molecule has 0 aliphatic rings. The van der Waals surface area contributed by atoms with Gasteiger partial charge in [0.1, 0.15) is 0 Å². The van der Waals surface area contributed by atoms with Crippen molar-refractivity contribution in [1.82, 2.24) is 0 Å². The van der Waals surface area contributed by atoms with Crippen molar-refractivity contribution in [3.8, 4) is 0 Å². The molecular formula is C11H11F6NO. The highest BCUT2D eigenvalue weighted by Crippen LogP contribution is 2.38. The van der Waals surface area contributed by atoms with Gasteiger partial charge in [-0.15, -0.1) is 0 Å². The second kappa shape index (κ2) is 5.79. The Bertz CT molecular complexity index is 374. The zero-order valence-corrected chi connectivity index (χ0v) is 9.50. The minimum Gasteiger partial charge on any atom is -0.351 e. The Balaban J connectivity index is 2.95. The molecule has 0 bridgehead atoms. The first-order chi connectivity index (χ1) is 8.66. The quantitative estimate of drug-likeness (QED) is 0.863. The summed E-state index contributed by atoms with van der Waals surface area (Å²) in [5.41, 5.74) is 5.34. The summed E-state index contributed by atoms with van der Waals surface area (Å²) in [4.78, 5) is 0. The van der Waals surface area contributed by atoms with Crippen molar-refractivity contribution in [3.63, 3.8) is 0 Å². The van der Waals surface area contributed by atoms with Crippen molar-refractivity contribution in [3.05, 3.63) is 35.9 Å². The topological polar surface area (TPSA) is 35.2 Å². The normalized spacial score (nSPS) is 14.7. The van der Waals surface area contributed by atoms with Gasteiger partial charge in [-0.2, -0.15) is 26.3 Å². The lowest BCUT2D eigenvalue weighted by Crippen LogP contribution is -2.45. The van der Waals surface area contributed by atoms with E-state index in [1.54, 1.807) is 6.07 Å². The molecule has 8 heteroatoms. The Morgan fingerprint density at radius 2 is 1.42 bits per heavy atom. The zero-order chi connectivity index (χ0) is 14.7. The fourth-order valence-corrected chi connectivity index (χ4v) is 1.44. The van der Waals surface area contributed by atoms with Gasteiger partial charge in [0.25, 0.3) is 0 Å². The molecule has 0 radical (unpaired) electrons. The number of ether oxygens (including phenoxy) is 1. The minimum absolute atomic E-state index is 0.156. The molecule has 1 rings (SSSR count). The predicted octanol–water partition coefficient (Wildman–Crippen LogP) is 3.20. The maximum Gasteiger partial charge on any atom is 0.423 e. The Labute approximate surface area is 105 Å². The number of alkyl halides is 6. The summed E-state index contributed by atoms with van der Waals surface area (Å²) in [7, 11) is 0. The summed E-state index contributed by atoms with van der Waals surface area (Å²) in [5.74, 6) is 0. The van der Waals surface area contributed by atoms with Crippen molar-refractivity contribution >= 4 is 0 Å². The molecule has 0 saturated carbocycles. The SMILES string of the molecule is NCC(OC(C(F)(F)F)C(F)(F)F)c1ccccc1. The van der Waals surface area contributed by atoms with E-state index in [9.17, 15) is 26.3 Å². The summed E-state index contributed by atoms with van der Waals surface area (Å²) < 4.78 is 78.2. The van der Waals surface area contributed by atoms with Crippen LogP contribution in [0.1, 0.15) is 11.7 Å². The smallest absolute Gasteiger partial charge is 0.351 e. The summed E-state index contributed by atoms with van der Waals surface area (Å²) in [6.45, 7) is -0.493. The average molecular weight is 287 g/mol. The Morgan fingerprint density at radius 3 is 1.79 bits per heavy atom. The highest BCUT2D eigenvalue weighted by atomic mass is 19.4. The third-order valence-electron chi connectivity index (χ3n) is 2.28. The first-order valence-corrected chi connectivity index (χ1v) is 5.20. The van der Waals surface area contributed by atoms with Crippen LogP contribution in [-0.2, 0) is 4.74 Å². The third kappa shape index (κ3) is 4.39. The van der Waals surface area contributed by atoms with Crippen LogP contribution in [0.2, 0.25) is 0 Å². The number of rotatable bonds is 4. The molecule has 0 saturated heterocycles. The lowest BCUT2D eigenvalue weighted by atomic mass is 10.1. The summed E-state index contributed by atoms with van der Waals surface area (Å²) in [6, 6.07) is 7.21. The Kier molecular flexibility index (Phi) is 4.81. The summed E-state index contributed by atoms with van der Waals surface area (Å²) in [5, 5.41) is 0. The second-order valence-electron chi connectivity index (χ2n) is 3.73. The van der Waals surface area contributed by atoms with Crippen molar-refractivity contribution in [1.29, 1.82) is 0 Å². The summed E-state index contributed by atoms with van der Waals surface area (Å²) >= 11 is 0. The predicted molar refractivity (Wildman–Crippen MR) is 55.2 cm³/mol. The summed E-state index contributed by atoms with van der Waals surface area (Å²) in [6.07, 6.45) is -16.4. The maximum atomic E-state index is 12.3. The molecule has 1 unspecified atom stereocenters. The van der Waals surface area contributed by atoms with Gasteiger partial charge >= 0.3 is 12.4 Å². The highest BCUT2D eigenvalue weighted by molar-refractivity contribution is 5.18. The van der Waals surface area contributed by atoms with Crippen LogP contribution < -0.4 is 5.73 Å². The molecule has 2 N–H and O–H groups in total. The Hall–Kier alpha value is -1.28. The van der Waals surface area contributed by atoms with Crippen LogP contribution in [0.4, 0.5) is 26.3 Å². The van der Waals surface area contributed by atoms with Crippen molar-refractivity contribution in [2.24, 2.45) is 5.73 Å². The first-order valence-electron chi connectivity index (χ1n) is 5.20. The van der Waals surface area contributed by atoms with Gasteiger partial charge in [-0.25, -0.2) is 0 Å². The van der Waals surface area contributed by atoms with Gasteiger partial charge in [-0.3, -0.25) is 0 Å². The van der Waals surface area contributed by atoms with Crippen LogP contribution in [0.5, 0.6) is 0 Å². The number of halogens is 6. The van der Waals surface area contributed by atoms with Crippen LogP contribution in [0.15, 0.2) is 30.3 Å². The largest absolute Gasteiger partial charge is 0.423 e. The molecule has 1 aromatic carbocycles. The average Bonchev–Trinajstić information content (AvgIpc) is 2.28. The van der Waals surface area contributed by atoms with Crippen LogP contribution in [0, 0.1) is 0 Å². The first kappa shape index (κ1) is 15.8. The standard InChI is InChI=1S/C11H11F6NO/c12-10(13,14)9(11(15,16)17)19-8(6-18)7-4-2-1-3-5-7/h1-5,8-9H,6,18H2. The van der Waals surface area contributed by atoms with E-state index in [0.717, 1.165) is 0 Å². The molecular weight excluding hydrogens is 276 g/mol. The molecule has 108 valence electrons. The lowest BCUT2D eigenvalue weighted by molar-refractivity contribution is -0.331. The Morgan fingerprint density at radius 1 is 0.947 bits per heavy atom. The van der Waals surface area contributed by atoms with Gasteiger partial charge in [0.15, 0.2) is 0 Å². The molecule has 19 heavy (non-hydrogen) atoms. The van der Waals surface area contributed by atoms with Gasteiger partial charge in [-0.1, -0.05) is 30.3 Å². The van der Waals surface area contributed by atoms with Gasteiger partial charge < -0.3 is 10.5 Å². The van der Waals surface area contributed by atoms with E-state index in [-0.39, 0.29) is 5.56 Å². The minimum atomic E-state index is -5.54. The van der Waals surface area contributed by atoms with E-state index in [2.05, 4.69) is 4.74 Å². The van der Waals surface area contributed by atoms with Crippen LogP contribution in [0.3, 0.4) is 0 Å². The van der Waals surface area contributed by atoms with Gasteiger partial charge in [0, 0.05) is 6.54 Å². The van der Waals surface area contributed by atoms with Crippen molar-refractivity contribution < 1.29 is 31.1 Å². The van der Waals surface area contributed by atoms with E-state index in [1.165, 1.54) is 24.3 Å². The molecule has 0 aliphatic heterocycles. The van der Waals surface area contributed by atoms with E-state index in [1.807, 2.05) is 0 Å². The molecule has 0 fully saturated rings.